The van der Waals surface area contributed by atoms with Gasteiger partial charge in [0.05, 0.1) is 26.4 Å². The van der Waals surface area contributed by atoms with Gasteiger partial charge in [0.15, 0.2) is 0 Å². The Morgan fingerprint density at radius 2 is 1.53 bits per heavy atom. The molecule has 0 unspecified atom stereocenters. The summed E-state index contributed by atoms with van der Waals surface area (Å²) in [5.74, 6) is 0. The number of ether oxygens (including phenoxy) is 2. The fourth-order valence-electron chi connectivity index (χ4n) is 4.94. The maximum absolute atomic E-state index is 5.43. The van der Waals surface area contributed by atoms with Gasteiger partial charge < -0.3 is 19.0 Å². The Hall–Kier alpha value is -2.12. The van der Waals surface area contributed by atoms with Crippen LogP contribution in [0.4, 0.5) is 0 Å². The number of nitrogens with one attached hydrogen (secondary N) is 1. The Bertz CT molecular complexity index is 1410. The second-order valence-corrected chi connectivity index (χ2v) is 11.1. The fourth-order valence-corrected chi connectivity index (χ4v) is 5.65. The number of aromatic amines is 1. The van der Waals surface area contributed by atoms with Gasteiger partial charge in [0.2, 0.25) is 0 Å². The molecule has 1 N–H and O–H groups in total. The number of halogens is 2. The van der Waals surface area contributed by atoms with E-state index in [1.54, 1.807) is 0 Å². The van der Waals surface area contributed by atoms with Crippen molar-refractivity contribution >= 4 is 64.8 Å². The number of unbranched alkanes of at least 4 members (excludes halogenated alkanes) is 1. The lowest BCUT2D eigenvalue weighted by Gasteiger charge is -2.12. The predicted octanol–water partition coefficient (Wildman–Crippen LogP) is 8.74. The second-order valence-electron chi connectivity index (χ2n) is 9.25. The van der Waals surface area contributed by atoms with E-state index in [-0.39, 0.29) is 0 Å². The number of H-pyrrole nitrogens is 1. The molecule has 0 saturated heterocycles. The molecule has 0 atom stereocenters. The maximum Gasteiger partial charge on any atom is 0.0653 e. The van der Waals surface area contributed by atoms with E-state index in [2.05, 4.69) is 109 Å². The largest absolute Gasteiger partial charge is 0.377 e. The van der Waals surface area contributed by atoms with Gasteiger partial charge in [-0.2, -0.15) is 0 Å². The van der Waals surface area contributed by atoms with Crippen LogP contribution in [0.3, 0.4) is 0 Å². The molecule has 6 heteroatoms. The van der Waals surface area contributed by atoms with Gasteiger partial charge in [-0.3, -0.25) is 0 Å². The van der Waals surface area contributed by atoms with E-state index < -0.39 is 0 Å². The SMILES string of the molecule is Brc1ccc2c(C3=CCOCC3)c[nH]c2c1.CCCCn1cc(C2=CCOCC2)c2ccc(Br)cc21. The third kappa shape index (κ3) is 5.72. The van der Waals surface area contributed by atoms with Crippen molar-refractivity contribution in [2.45, 2.75) is 39.2 Å². The number of rotatable bonds is 5. The van der Waals surface area contributed by atoms with Gasteiger partial charge in [-0.25, -0.2) is 0 Å². The van der Waals surface area contributed by atoms with Crippen molar-refractivity contribution < 1.29 is 9.47 Å². The third-order valence-corrected chi connectivity index (χ3v) is 7.85. The van der Waals surface area contributed by atoms with Crippen molar-refractivity contribution in [2.75, 3.05) is 26.4 Å². The Morgan fingerprint density at radius 3 is 2.19 bits per heavy atom. The minimum absolute atomic E-state index is 0.735. The molecule has 4 heterocycles. The van der Waals surface area contributed by atoms with Gasteiger partial charge in [-0.15, -0.1) is 0 Å². The second kappa shape index (κ2) is 12.0. The number of aryl methyl sites for hydroxylation is 1. The minimum atomic E-state index is 0.735. The molecule has 0 spiro atoms. The summed E-state index contributed by atoms with van der Waals surface area (Å²) < 4.78 is 15.4. The highest BCUT2D eigenvalue weighted by Crippen LogP contribution is 2.33. The van der Waals surface area contributed by atoms with Crippen molar-refractivity contribution in [3.8, 4) is 0 Å². The van der Waals surface area contributed by atoms with Crippen LogP contribution in [0.5, 0.6) is 0 Å². The topological polar surface area (TPSA) is 39.2 Å². The molecule has 0 saturated carbocycles. The van der Waals surface area contributed by atoms with Crippen LogP contribution in [0.2, 0.25) is 0 Å². The Balaban J connectivity index is 0.000000152. The zero-order chi connectivity index (χ0) is 24.9. The first-order valence-electron chi connectivity index (χ1n) is 12.7. The van der Waals surface area contributed by atoms with Crippen molar-refractivity contribution in [2.24, 2.45) is 0 Å². The van der Waals surface area contributed by atoms with Crippen LogP contribution in [0.1, 0.15) is 43.7 Å². The molecule has 0 aliphatic carbocycles. The van der Waals surface area contributed by atoms with Crippen LogP contribution in [-0.4, -0.2) is 36.0 Å². The summed E-state index contributed by atoms with van der Waals surface area (Å²) in [7, 11) is 0. The third-order valence-electron chi connectivity index (χ3n) is 6.86. The molecule has 4 aromatic rings. The van der Waals surface area contributed by atoms with Crippen molar-refractivity contribution in [1.82, 2.24) is 9.55 Å². The number of benzene rings is 2. The summed E-state index contributed by atoms with van der Waals surface area (Å²) in [6.07, 6.45) is 13.3. The van der Waals surface area contributed by atoms with E-state index in [9.17, 15) is 0 Å². The molecule has 4 nitrogen and oxygen atoms in total. The van der Waals surface area contributed by atoms with Gasteiger partial charge in [0.25, 0.3) is 0 Å². The first-order valence-corrected chi connectivity index (χ1v) is 14.3. The van der Waals surface area contributed by atoms with Crippen LogP contribution in [-0.2, 0) is 16.0 Å². The molecule has 2 aliphatic heterocycles. The van der Waals surface area contributed by atoms with E-state index in [0.29, 0.717) is 0 Å². The number of hydrogen-bond donors (Lipinski definition) is 1. The normalized spacial score (nSPS) is 16.0. The molecule has 2 aromatic heterocycles. The molecular formula is C30H32Br2N2O2. The molecule has 2 aliphatic rings. The monoisotopic (exact) mass is 610 g/mol. The molecule has 36 heavy (non-hydrogen) atoms. The molecule has 0 fully saturated rings. The molecule has 6 rings (SSSR count). The molecule has 0 radical (unpaired) electrons. The Labute approximate surface area is 229 Å². The number of nitrogens with zero attached hydrogens (tertiary/aromatic N) is 1. The summed E-state index contributed by atoms with van der Waals surface area (Å²) >= 11 is 7.08. The smallest absolute Gasteiger partial charge is 0.0653 e. The van der Waals surface area contributed by atoms with Gasteiger partial charge >= 0.3 is 0 Å². The number of hydrogen-bond acceptors (Lipinski definition) is 2. The first kappa shape index (κ1) is 25.5. The van der Waals surface area contributed by atoms with Crippen LogP contribution in [0.15, 0.2) is 69.9 Å². The van der Waals surface area contributed by atoms with E-state index in [0.717, 1.165) is 54.8 Å². The van der Waals surface area contributed by atoms with Crippen molar-refractivity contribution in [3.05, 3.63) is 81.0 Å². The van der Waals surface area contributed by atoms with E-state index >= 15 is 0 Å². The van der Waals surface area contributed by atoms with E-state index in [1.165, 1.54) is 56.9 Å². The standard InChI is InChI=1S/C17H20BrNO.C13H12BrNO/c1-2-3-8-19-12-16(13-6-9-20-10-7-13)15-5-4-14(18)11-17(15)19;14-10-1-2-11-12(8-15-13(11)7-10)9-3-5-16-6-4-9/h4-6,11-12H,2-3,7-10H2,1H3;1-3,7-8,15H,4-6H2. The average Bonchev–Trinajstić information content (AvgIpc) is 3.49. The first-order chi connectivity index (χ1) is 17.6. The minimum Gasteiger partial charge on any atom is -0.377 e. The predicted molar refractivity (Wildman–Crippen MR) is 157 cm³/mol. The zero-order valence-corrected chi connectivity index (χ0v) is 23.8. The summed E-state index contributed by atoms with van der Waals surface area (Å²) in [5.41, 5.74) is 8.02. The van der Waals surface area contributed by atoms with Crippen LogP contribution < -0.4 is 0 Å². The lowest BCUT2D eigenvalue weighted by atomic mass is 10.0. The highest BCUT2D eigenvalue weighted by Gasteiger charge is 2.14. The summed E-state index contributed by atoms with van der Waals surface area (Å²) in [4.78, 5) is 3.31. The number of fused-ring (bicyclic) bond motifs is 2. The maximum atomic E-state index is 5.43. The van der Waals surface area contributed by atoms with Gasteiger partial charge in [-0.05, 0) is 54.7 Å². The van der Waals surface area contributed by atoms with Crippen LogP contribution in [0.25, 0.3) is 33.0 Å². The Kier molecular flexibility index (Phi) is 8.47. The molecule has 0 amide bonds. The molecule has 188 valence electrons. The Morgan fingerprint density at radius 1 is 0.861 bits per heavy atom. The van der Waals surface area contributed by atoms with Crippen molar-refractivity contribution in [1.29, 1.82) is 0 Å². The zero-order valence-electron chi connectivity index (χ0n) is 20.7. The fraction of sp³-hybridized carbons (Fsp3) is 0.333. The summed E-state index contributed by atoms with van der Waals surface area (Å²) in [6, 6.07) is 12.9. The average molecular weight is 612 g/mol. The van der Waals surface area contributed by atoms with Gasteiger partial charge in [0, 0.05) is 60.8 Å². The highest BCUT2D eigenvalue weighted by molar-refractivity contribution is 9.10. The summed E-state index contributed by atoms with van der Waals surface area (Å²) in [5, 5.41) is 2.65. The number of aromatic nitrogens is 2. The highest BCUT2D eigenvalue weighted by atomic mass is 79.9. The van der Waals surface area contributed by atoms with Gasteiger partial charge in [-0.1, -0.05) is 69.5 Å². The lowest BCUT2D eigenvalue weighted by Crippen LogP contribution is -2.03. The summed E-state index contributed by atoms with van der Waals surface area (Å²) in [6.45, 7) is 6.47. The van der Waals surface area contributed by atoms with E-state index in [4.69, 9.17) is 9.47 Å². The lowest BCUT2D eigenvalue weighted by molar-refractivity contribution is 0.161. The molecular weight excluding hydrogens is 580 g/mol. The molecule has 2 aromatic carbocycles. The van der Waals surface area contributed by atoms with E-state index in [1.807, 2.05) is 0 Å². The quantitative estimate of drug-likeness (QED) is 0.245. The molecule has 0 bridgehead atoms. The van der Waals surface area contributed by atoms with Crippen LogP contribution in [0, 0.1) is 0 Å². The van der Waals surface area contributed by atoms with Crippen LogP contribution >= 0.6 is 31.9 Å². The van der Waals surface area contributed by atoms with Gasteiger partial charge in [0.1, 0.15) is 0 Å². The van der Waals surface area contributed by atoms with Crippen molar-refractivity contribution in [3.63, 3.8) is 0 Å².